The number of anilines is 1. The van der Waals surface area contributed by atoms with E-state index in [0.717, 1.165) is 30.8 Å². The normalized spacial score (nSPS) is 17.5. The lowest BCUT2D eigenvalue weighted by atomic mass is 9.86. The molecule has 2 fully saturated rings. The van der Waals surface area contributed by atoms with Crippen LogP contribution in [0.1, 0.15) is 47.3 Å². The summed E-state index contributed by atoms with van der Waals surface area (Å²) in [5.41, 5.74) is 0.624. The van der Waals surface area contributed by atoms with Gasteiger partial charge in [-0.3, -0.25) is 4.79 Å². The van der Waals surface area contributed by atoms with Crippen LogP contribution in [0.2, 0.25) is 0 Å². The Labute approximate surface area is 165 Å². The van der Waals surface area contributed by atoms with Crippen molar-refractivity contribution in [3.8, 4) is 10.4 Å². The van der Waals surface area contributed by atoms with Crippen molar-refractivity contribution in [3.63, 3.8) is 0 Å². The fraction of sp³-hybridized carbons (Fsp3) is 0.526. The summed E-state index contributed by atoms with van der Waals surface area (Å²) in [6.45, 7) is 6.27. The summed E-state index contributed by atoms with van der Waals surface area (Å²) in [5, 5.41) is 3.34. The average Bonchev–Trinajstić information content (AvgIpc) is 2.98. The molecule has 150 valence electrons. The van der Waals surface area contributed by atoms with E-state index < -0.39 is 6.43 Å². The van der Waals surface area contributed by atoms with Crippen LogP contribution >= 0.6 is 11.3 Å². The van der Waals surface area contributed by atoms with Crippen molar-refractivity contribution in [2.75, 3.05) is 31.6 Å². The zero-order valence-electron chi connectivity index (χ0n) is 15.8. The molecule has 0 atom stereocenters. The van der Waals surface area contributed by atoms with E-state index in [9.17, 15) is 13.6 Å². The zero-order valence-corrected chi connectivity index (χ0v) is 16.6. The molecule has 0 unspecified atom stereocenters. The van der Waals surface area contributed by atoms with E-state index in [1.165, 1.54) is 12.3 Å². The van der Waals surface area contributed by atoms with Gasteiger partial charge in [0.2, 0.25) is 0 Å². The van der Waals surface area contributed by atoms with E-state index in [0.29, 0.717) is 46.6 Å². The number of rotatable bonds is 6. The van der Waals surface area contributed by atoms with E-state index >= 15 is 0 Å². The number of nitrogens with zero attached hydrogens (tertiary/aromatic N) is 3. The third-order valence-corrected chi connectivity index (χ3v) is 6.34. The molecule has 0 radical (unpaired) electrons. The number of halogens is 2. The smallest absolute Gasteiger partial charge is 0.283 e. The molecular formula is C19H22F2N4O2S. The molecule has 0 aliphatic carbocycles. The number of pyridine rings is 1. The molecule has 0 bridgehead atoms. The molecule has 2 aromatic rings. The average molecular weight is 408 g/mol. The first-order valence-electron chi connectivity index (χ1n) is 9.35. The summed E-state index contributed by atoms with van der Waals surface area (Å²) in [6.07, 6.45) is 0.637. The lowest BCUT2D eigenvalue weighted by Gasteiger charge is -2.54. The first-order chi connectivity index (χ1) is 13.4. The Morgan fingerprint density at radius 3 is 2.82 bits per heavy atom. The molecule has 6 nitrogen and oxygen atoms in total. The number of carbonyl (C=O) groups is 1. The molecule has 28 heavy (non-hydrogen) atoms. The minimum Gasteiger partial charge on any atom is -0.371 e. The second-order valence-electron chi connectivity index (χ2n) is 7.26. The molecule has 4 rings (SSSR count). The number of aromatic nitrogens is 2. The maximum absolute atomic E-state index is 13.7. The minimum atomic E-state index is -2.65. The summed E-state index contributed by atoms with van der Waals surface area (Å²) >= 11 is 1.14. The lowest BCUT2D eigenvalue weighted by molar-refractivity contribution is -0.209. The van der Waals surface area contributed by atoms with Gasteiger partial charge in [-0.15, -0.1) is 11.3 Å². The number of thiazole rings is 1. The van der Waals surface area contributed by atoms with Crippen molar-refractivity contribution in [3.05, 3.63) is 28.5 Å². The van der Waals surface area contributed by atoms with E-state index in [1.54, 1.807) is 11.8 Å². The number of ether oxygens (including phenoxy) is 1. The fourth-order valence-corrected chi connectivity index (χ4v) is 4.56. The Kier molecular flexibility index (Phi) is 5.05. The van der Waals surface area contributed by atoms with Crippen LogP contribution in [0.5, 0.6) is 0 Å². The van der Waals surface area contributed by atoms with Gasteiger partial charge in [-0.25, -0.2) is 18.7 Å². The van der Waals surface area contributed by atoms with Crippen LogP contribution < -0.4 is 5.32 Å². The molecule has 0 saturated carbocycles. The molecule has 2 aliphatic heterocycles. The summed E-state index contributed by atoms with van der Waals surface area (Å²) < 4.78 is 32.9. The van der Waals surface area contributed by atoms with Gasteiger partial charge in [0, 0.05) is 30.3 Å². The second kappa shape index (κ2) is 7.36. The summed E-state index contributed by atoms with van der Waals surface area (Å²) in [5.74, 6) is 0.249. The van der Waals surface area contributed by atoms with E-state index in [-0.39, 0.29) is 17.1 Å². The van der Waals surface area contributed by atoms with E-state index in [2.05, 4.69) is 15.3 Å². The standard InChI is InChI=1S/C19H22F2N4O2S/c1-3-5-22-14-7-12(16(20)21)13(8-23-14)15-11(2)24-17(28-15)18(26)25-9-19(10-25)4-6-27-19/h7-8,16H,3-6,9-10H2,1-2H3,(H,22,23). The number of amides is 1. The van der Waals surface area contributed by atoms with Crippen LogP contribution in [0.25, 0.3) is 10.4 Å². The van der Waals surface area contributed by atoms with Gasteiger partial charge in [-0.05, 0) is 19.4 Å². The number of nitrogens with one attached hydrogen (secondary N) is 1. The van der Waals surface area contributed by atoms with Crippen molar-refractivity contribution in [1.29, 1.82) is 0 Å². The topological polar surface area (TPSA) is 67.4 Å². The van der Waals surface area contributed by atoms with E-state index in [4.69, 9.17) is 4.74 Å². The third kappa shape index (κ3) is 3.37. The van der Waals surface area contributed by atoms with Crippen LogP contribution in [-0.4, -0.2) is 52.6 Å². The van der Waals surface area contributed by atoms with Crippen molar-refractivity contribution < 1.29 is 18.3 Å². The predicted octanol–water partition coefficient (Wildman–Crippen LogP) is 3.89. The van der Waals surface area contributed by atoms with Gasteiger partial charge in [0.25, 0.3) is 12.3 Å². The Balaban J connectivity index is 1.58. The number of aryl methyl sites for hydroxylation is 1. The molecule has 2 aromatic heterocycles. The van der Waals surface area contributed by atoms with Gasteiger partial charge < -0.3 is 15.0 Å². The summed E-state index contributed by atoms with van der Waals surface area (Å²) in [6, 6.07) is 1.38. The van der Waals surface area contributed by atoms with Gasteiger partial charge in [0.15, 0.2) is 5.01 Å². The molecule has 4 heterocycles. The number of hydrogen-bond donors (Lipinski definition) is 1. The van der Waals surface area contributed by atoms with Gasteiger partial charge in [-0.2, -0.15) is 0 Å². The van der Waals surface area contributed by atoms with Crippen LogP contribution in [0, 0.1) is 6.92 Å². The zero-order chi connectivity index (χ0) is 19.9. The maximum atomic E-state index is 13.7. The molecule has 1 spiro atoms. The monoisotopic (exact) mass is 408 g/mol. The quantitative estimate of drug-likeness (QED) is 0.786. The van der Waals surface area contributed by atoms with Gasteiger partial charge in [0.1, 0.15) is 11.4 Å². The van der Waals surface area contributed by atoms with Crippen molar-refractivity contribution in [2.24, 2.45) is 0 Å². The Hall–Kier alpha value is -2.13. The molecule has 1 amide bonds. The van der Waals surface area contributed by atoms with Crippen molar-refractivity contribution in [2.45, 2.75) is 38.7 Å². The van der Waals surface area contributed by atoms with Crippen LogP contribution in [0.3, 0.4) is 0 Å². The predicted molar refractivity (Wildman–Crippen MR) is 103 cm³/mol. The number of likely N-dealkylation sites (tertiary alicyclic amines) is 1. The Morgan fingerprint density at radius 2 is 2.21 bits per heavy atom. The van der Waals surface area contributed by atoms with Gasteiger partial charge >= 0.3 is 0 Å². The van der Waals surface area contributed by atoms with Crippen molar-refractivity contribution in [1.82, 2.24) is 14.9 Å². The number of alkyl halides is 2. The molecule has 2 aliphatic rings. The van der Waals surface area contributed by atoms with Gasteiger partial charge in [0.05, 0.1) is 30.3 Å². The van der Waals surface area contributed by atoms with Crippen LogP contribution in [-0.2, 0) is 4.74 Å². The van der Waals surface area contributed by atoms with E-state index in [1.807, 2.05) is 6.92 Å². The first-order valence-corrected chi connectivity index (χ1v) is 10.2. The van der Waals surface area contributed by atoms with Gasteiger partial charge in [-0.1, -0.05) is 6.92 Å². The highest BCUT2D eigenvalue weighted by Crippen LogP contribution is 2.40. The largest absolute Gasteiger partial charge is 0.371 e. The highest BCUT2D eigenvalue weighted by Gasteiger charge is 2.51. The highest BCUT2D eigenvalue weighted by molar-refractivity contribution is 7.17. The highest BCUT2D eigenvalue weighted by atomic mass is 32.1. The molecule has 9 heteroatoms. The van der Waals surface area contributed by atoms with Crippen LogP contribution in [0.4, 0.5) is 14.6 Å². The second-order valence-corrected chi connectivity index (χ2v) is 8.26. The van der Waals surface area contributed by atoms with Crippen molar-refractivity contribution >= 4 is 23.1 Å². The molecule has 0 aromatic carbocycles. The summed E-state index contributed by atoms with van der Waals surface area (Å²) in [7, 11) is 0. The number of hydrogen-bond acceptors (Lipinski definition) is 6. The molecule has 1 N–H and O–H groups in total. The Morgan fingerprint density at radius 1 is 1.46 bits per heavy atom. The lowest BCUT2D eigenvalue weighted by Crippen LogP contribution is -2.69. The molecule has 2 saturated heterocycles. The number of carbonyl (C=O) groups excluding carboxylic acids is 1. The third-order valence-electron chi connectivity index (χ3n) is 5.16. The SMILES string of the molecule is CCCNc1cc(C(F)F)c(-c2sc(C(=O)N3CC4(CCO4)C3)nc2C)cn1. The molecular weight excluding hydrogens is 386 g/mol. The van der Waals surface area contributed by atoms with Crippen LogP contribution in [0.15, 0.2) is 12.3 Å². The fourth-order valence-electron chi connectivity index (χ4n) is 3.50. The maximum Gasteiger partial charge on any atom is 0.283 e. The minimum absolute atomic E-state index is 0.106. The Bertz CT molecular complexity index is 890. The first kappa shape index (κ1) is 19.2. The summed E-state index contributed by atoms with van der Waals surface area (Å²) in [4.78, 5) is 23.6.